The minimum absolute atomic E-state index is 0.354. The van der Waals surface area contributed by atoms with Gasteiger partial charge in [-0.05, 0) is 37.1 Å². The molecular weight excluding hydrogens is 326 g/mol. The molecule has 1 aliphatic rings. The number of nitrogens with zero attached hydrogens (tertiary/aromatic N) is 5. The summed E-state index contributed by atoms with van der Waals surface area (Å²) in [4.78, 5) is 9.13. The Morgan fingerprint density at radius 3 is 2.88 bits per heavy atom. The van der Waals surface area contributed by atoms with Crippen molar-refractivity contribution in [1.82, 2.24) is 24.7 Å². The van der Waals surface area contributed by atoms with Gasteiger partial charge in [-0.3, -0.25) is 5.10 Å². The van der Waals surface area contributed by atoms with E-state index in [1.807, 2.05) is 24.3 Å². The lowest BCUT2D eigenvalue weighted by molar-refractivity contribution is 0.528. The topological polar surface area (TPSA) is 95.2 Å². The molecule has 4 aromatic rings. The zero-order valence-corrected chi connectivity index (χ0v) is 14.1. The van der Waals surface area contributed by atoms with Gasteiger partial charge in [0.1, 0.15) is 17.4 Å². The van der Waals surface area contributed by atoms with Crippen molar-refractivity contribution >= 4 is 33.6 Å². The van der Waals surface area contributed by atoms with Gasteiger partial charge in [0.05, 0.1) is 11.7 Å². The fourth-order valence-electron chi connectivity index (χ4n) is 3.84. The number of rotatable bonds is 3. The van der Waals surface area contributed by atoms with Crippen LogP contribution in [0.5, 0.6) is 0 Å². The summed E-state index contributed by atoms with van der Waals surface area (Å²) in [5.41, 5.74) is 3.38. The Kier molecular flexibility index (Phi) is 3.35. The van der Waals surface area contributed by atoms with Crippen molar-refractivity contribution in [1.29, 1.82) is 5.26 Å². The lowest BCUT2D eigenvalue weighted by atomic mass is 10.2. The molecule has 0 atom stereocenters. The molecule has 1 aliphatic carbocycles. The number of anilines is 2. The summed E-state index contributed by atoms with van der Waals surface area (Å²) in [5, 5.41) is 21.7. The number of aromatic amines is 1. The molecule has 1 aromatic carbocycles. The van der Waals surface area contributed by atoms with Gasteiger partial charge in [0.25, 0.3) is 0 Å². The molecule has 0 bridgehead atoms. The quantitative estimate of drug-likeness (QED) is 0.585. The number of nitriles is 1. The molecule has 0 amide bonds. The van der Waals surface area contributed by atoms with Gasteiger partial charge in [0, 0.05) is 28.7 Å². The van der Waals surface area contributed by atoms with Gasteiger partial charge in [-0.15, -0.1) is 0 Å². The van der Waals surface area contributed by atoms with Gasteiger partial charge >= 0.3 is 0 Å². The first-order valence-electron chi connectivity index (χ1n) is 8.80. The maximum Gasteiger partial charge on any atom is 0.229 e. The van der Waals surface area contributed by atoms with E-state index in [4.69, 9.17) is 4.98 Å². The smallest absolute Gasteiger partial charge is 0.229 e. The Labute approximate surface area is 149 Å². The first-order valence-corrected chi connectivity index (χ1v) is 8.80. The lowest BCUT2D eigenvalue weighted by Crippen LogP contribution is -2.08. The number of fused-ring (bicyclic) bond motifs is 2. The SMILES string of the molecule is N#Cc1cc2cnc(Nc3ccc4[nH]ncc4c3)nc2n1C1CCCC1. The van der Waals surface area contributed by atoms with Crippen LogP contribution in [0.1, 0.15) is 37.4 Å². The van der Waals surface area contributed by atoms with Crippen LogP contribution in [0.2, 0.25) is 0 Å². The molecule has 7 heteroatoms. The van der Waals surface area contributed by atoms with E-state index in [-0.39, 0.29) is 0 Å². The van der Waals surface area contributed by atoms with Crippen LogP contribution in [0.4, 0.5) is 11.6 Å². The molecule has 0 saturated heterocycles. The normalized spacial score (nSPS) is 14.9. The maximum atomic E-state index is 9.52. The lowest BCUT2D eigenvalue weighted by Gasteiger charge is -2.14. The zero-order valence-electron chi connectivity index (χ0n) is 14.1. The van der Waals surface area contributed by atoms with Gasteiger partial charge in [-0.2, -0.15) is 15.3 Å². The molecule has 0 unspecified atom stereocenters. The van der Waals surface area contributed by atoms with E-state index < -0.39 is 0 Å². The molecule has 5 rings (SSSR count). The van der Waals surface area contributed by atoms with E-state index in [1.54, 1.807) is 12.4 Å². The van der Waals surface area contributed by atoms with Gasteiger partial charge < -0.3 is 9.88 Å². The van der Waals surface area contributed by atoms with E-state index >= 15 is 0 Å². The third-order valence-corrected chi connectivity index (χ3v) is 5.08. The Morgan fingerprint density at radius 1 is 1.15 bits per heavy atom. The van der Waals surface area contributed by atoms with Crippen molar-refractivity contribution in [2.75, 3.05) is 5.32 Å². The third kappa shape index (κ3) is 2.39. The average molecular weight is 343 g/mol. The van der Waals surface area contributed by atoms with Gasteiger partial charge in [-0.1, -0.05) is 12.8 Å². The standard InChI is InChI=1S/C19H17N7/c20-9-16-8-13-10-21-19(24-18(13)26(16)15-3-1-2-4-15)23-14-5-6-17-12(7-14)11-22-25-17/h5-8,10-11,15H,1-4H2,(H,22,25)(H,21,23,24). The van der Waals surface area contributed by atoms with Crippen molar-refractivity contribution in [3.05, 3.63) is 42.4 Å². The zero-order chi connectivity index (χ0) is 17.5. The summed E-state index contributed by atoms with van der Waals surface area (Å²) in [6.07, 6.45) is 8.18. The molecule has 26 heavy (non-hydrogen) atoms. The number of H-pyrrole nitrogens is 1. The number of nitrogens with one attached hydrogen (secondary N) is 2. The fourth-order valence-corrected chi connectivity index (χ4v) is 3.84. The molecule has 128 valence electrons. The van der Waals surface area contributed by atoms with E-state index in [9.17, 15) is 5.26 Å². The fraction of sp³-hybridized carbons (Fsp3) is 0.263. The number of hydrogen-bond donors (Lipinski definition) is 2. The largest absolute Gasteiger partial charge is 0.324 e. The monoisotopic (exact) mass is 343 g/mol. The molecule has 7 nitrogen and oxygen atoms in total. The second-order valence-electron chi connectivity index (χ2n) is 6.72. The average Bonchev–Trinajstić information content (AvgIpc) is 3.39. The summed E-state index contributed by atoms with van der Waals surface area (Å²) in [6.45, 7) is 0. The molecule has 1 saturated carbocycles. The first-order chi connectivity index (χ1) is 12.8. The van der Waals surface area contributed by atoms with Gasteiger partial charge in [0.2, 0.25) is 5.95 Å². The summed E-state index contributed by atoms with van der Waals surface area (Å²) in [6, 6.07) is 10.5. The van der Waals surface area contributed by atoms with Crippen LogP contribution in [0.3, 0.4) is 0 Å². The third-order valence-electron chi connectivity index (χ3n) is 5.08. The Balaban J connectivity index is 1.56. The first kappa shape index (κ1) is 14.9. The Bertz CT molecular complexity index is 1140. The highest BCUT2D eigenvalue weighted by Crippen LogP contribution is 2.34. The second kappa shape index (κ2) is 5.85. The highest BCUT2D eigenvalue weighted by Gasteiger charge is 2.22. The molecule has 1 fully saturated rings. The van der Waals surface area contributed by atoms with E-state index in [0.29, 0.717) is 17.7 Å². The van der Waals surface area contributed by atoms with Crippen LogP contribution in [-0.2, 0) is 0 Å². The predicted octanol–water partition coefficient (Wildman–Crippen LogP) is 4.04. The minimum atomic E-state index is 0.354. The number of aromatic nitrogens is 5. The molecule has 2 N–H and O–H groups in total. The maximum absolute atomic E-state index is 9.52. The van der Waals surface area contributed by atoms with E-state index in [0.717, 1.165) is 40.5 Å². The van der Waals surface area contributed by atoms with Crippen molar-refractivity contribution in [3.8, 4) is 6.07 Å². The van der Waals surface area contributed by atoms with Gasteiger partial charge in [0.15, 0.2) is 0 Å². The van der Waals surface area contributed by atoms with Crippen LogP contribution in [0.15, 0.2) is 36.7 Å². The summed E-state index contributed by atoms with van der Waals surface area (Å²) < 4.78 is 2.09. The van der Waals surface area contributed by atoms with Crippen LogP contribution in [-0.4, -0.2) is 24.7 Å². The number of benzene rings is 1. The summed E-state index contributed by atoms with van der Waals surface area (Å²) in [5.74, 6) is 0.530. The second-order valence-corrected chi connectivity index (χ2v) is 6.72. The van der Waals surface area contributed by atoms with E-state index in [2.05, 4.69) is 31.1 Å². The van der Waals surface area contributed by atoms with Crippen LogP contribution in [0.25, 0.3) is 21.9 Å². The summed E-state index contributed by atoms with van der Waals surface area (Å²) in [7, 11) is 0. The van der Waals surface area contributed by atoms with Crippen molar-refractivity contribution in [2.24, 2.45) is 0 Å². The highest BCUT2D eigenvalue weighted by atomic mass is 15.2. The summed E-state index contributed by atoms with van der Waals surface area (Å²) >= 11 is 0. The van der Waals surface area contributed by atoms with Crippen molar-refractivity contribution < 1.29 is 0 Å². The van der Waals surface area contributed by atoms with Crippen molar-refractivity contribution in [2.45, 2.75) is 31.7 Å². The predicted molar refractivity (Wildman–Crippen MR) is 99.1 cm³/mol. The molecule has 3 aromatic heterocycles. The molecular formula is C19H17N7. The van der Waals surface area contributed by atoms with Crippen LogP contribution < -0.4 is 5.32 Å². The van der Waals surface area contributed by atoms with Crippen LogP contribution >= 0.6 is 0 Å². The van der Waals surface area contributed by atoms with Crippen LogP contribution in [0, 0.1) is 11.3 Å². The Morgan fingerprint density at radius 2 is 2.04 bits per heavy atom. The molecule has 0 aliphatic heterocycles. The number of hydrogen-bond acceptors (Lipinski definition) is 5. The molecule has 0 spiro atoms. The minimum Gasteiger partial charge on any atom is -0.324 e. The van der Waals surface area contributed by atoms with Gasteiger partial charge in [-0.25, -0.2) is 4.98 Å². The Hall–Kier alpha value is -3.40. The van der Waals surface area contributed by atoms with Crippen molar-refractivity contribution in [3.63, 3.8) is 0 Å². The highest BCUT2D eigenvalue weighted by molar-refractivity contribution is 5.83. The molecule has 3 heterocycles. The van der Waals surface area contributed by atoms with E-state index in [1.165, 1.54) is 12.8 Å². The molecule has 0 radical (unpaired) electrons.